The van der Waals surface area contributed by atoms with Gasteiger partial charge in [0.25, 0.3) is 0 Å². The van der Waals surface area contributed by atoms with Gasteiger partial charge in [-0.25, -0.2) is 0 Å². The highest BCUT2D eigenvalue weighted by atomic mass is 16.3. The van der Waals surface area contributed by atoms with Gasteiger partial charge in [0, 0.05) is 0 Å². The van der Waals surface area contributed by atoms with E-state index in [1.807, 2.05) is 0 Å². The zero-order valence-corrected chi connectivity index (χ0v) is 10.00. The summed E-state index contributed by atoms with van der Waals surface area (Å²) in [5.74, 6) is 2.13. The minimum atomic E-state index is -0.0220. The summed E-state index contributed by atoms with van der Waals surface area (Å²) < 4.78 is 0. The minimum absolute atomic E-state index is 0.0220. The van der Waals surface area contributed by atoms with Crippen molar-refractivity contribution in [2.24, 2.45) is 17.8 Å². The van der Waals surface area contributed by atoms with Gasteiger partial charge in [-0.15, -0.1) is 0 Å². The van der Waals surface area contributed by atoms with Gasteiger partial charge >= 0.3 is 0 Å². The second-order valence-corrected chi connectivity index (χ2v) is 5.46. The molecule has 1 saturated carbocycles. The molecule has 1 rings (SSSR count). The molecule has 3 atom stereocenters. The van der Waals surface area contributed by atoms with Gasteiger partial charge in [-0.05, 0) is 30.6 Å². The van der Waals surface area contributed by atoms with Crippen LogP contribution in [0.5, 0.6) is 0 Å². The number of hydrogen-bond donors (Lipinski definition) is 1. The largest absolute Gasteiger partial charge is 0.393 e. The van der Waals surface area contributed by atoms with E-state index in [0.29, 0.717) is 5.92 Å². The van der Waals surface area contributed by atoms with Crippen LogP contribution in [-0.4, -0.2) is 11.2 Å². The van der Waals surface area contributed by atoms with E-state index in [1.165, 1.54) is 32.1 Å². The highest BCUT2D eigenvalue weighted by molar-refractivity contribution is 4.80. The molecule has 1 nitrogen and oxygen atoms in total. The van der Waals surface area contributed by atoms with Crippen molar-refractivity contribution in [2.75, 3.05) is 0 Å². The normalized spacial score (nSPS) is 29.8. The van der Waals surface area contributed by atoms with Crippen molar-refractivity contribution in [3.05, 3.63) is 0 Å². The monoisotopic (exact) mass is 198 g/mol. The number of aliphatic hydroxyl groups excluding tert-OH is 1. The van der Waals surface area contributed by atoms with Crippen LogP contribution in [0.3, 0.4) is 0 Å². The Bertz CT molecular complexity index is 153. The molecule has 0 amide bonds. The zero-order valence-electron chi connectivity index (χ0n) is 10.00. The second-order valence-electron chi connectivity index (χ2n) is 5.46. The number of hydrogen-bond acceptors (Lipinski definition) is 1. The number of rotatable bonds is 5. The average Bonchev–Trinajstić information content (AvgIpc) is 2.50. The van der Waals surface area contributed by atoms with E-state index in [9.17, 15) is 5.11 Å². The van der Waals surface area contributed by atoms with Crippen LogP contribution < -0.4 is 0 Å². The van der Waals surface area contributed by atoms with Gasteiger partial charge < -0.3 is 5.11 Å². The summed E-state index contributed by atoms with van der Waals surface area (Å²) in [5, 5.41) is 10.0. The highest BCUT2D eigenvalue weighted by Crippen LogP contribution is 2.35. The third-order valence-corrected chi connectivity index (χ3v) is 3.70. The fourth-order valence-electron chi connectivity index (χ4n) is 2.70. The van der Waals surface area contributed by atoms with Crippen LogP contribution in [0.4, 0.5) is 0 Å². The van der Waals surface area contributed by atoms with Crippen LogP contribution in [0.25, 0.3) is 0 Å². The molecule has 0 radical (unpaired) electrons. The standard InChI is InChI=1S/C13H26O/c1-10(2)6-4-9-13(14)12-8-5-7-11(12)3/h10-14H,4-9H2,1-3H3. The Kier molecular flexibility index (Phi) is 4.94. The van der Waals surface area contributed by atoms with Gasteiger partial charge in [0.2, 0.25) is 0 Å². The first kappa shape index (κ1) is 12.0. The summed E-state index contributed by atoms with van der Waals surface area (Å²) in [7, 11) is 0. The lowest BCUT2D eigenvalue weighted by atomic mass is 9.89. The lowest BCUT2D eigenvalue weighted by Crippen LogP contribution is -2.22. The van der Waals surface area contributed by atoms with Crippen molar-refractivity contribution in [1.29, 1.82) is 0 Å². The quantitative estimate of drug-likeness (QED) is 0.715. The molecule has 0 aromatic rings. The van der Waals surface area contributed by atoms with Crippen molar-refractivity contribution >= 4 is 0 Å². The van der Waals surface area contributed by atoms with Crippen molar-refractivity contribution < 1.29 is 5.11 Å². The molecule has 0 saturated heterocycles. The maximum Gasteiger partial charge on any atom is 0.0570 e. The van der Waals surface area contributed by atoms with Crippen LogP contribution in [0.1, 0.15) is 59.3 Å². The van der Waals surface area contributed by atoms with E-state index < -0.39 is 0 Å². The van der Waals surface area contributed by atoms with Crippen molar-refractivity contribution in [3.8, 4) is 0 Å². The van der Waals surface area contributed by atoms with Gasteiger partial charge in [-0.1, -0.05) is 46.5 Å². The molecule has 1 aliphatic carbocycles. The smallest absolute Gasteiger partial charge is 0.0570 e. The molecule has 1 aliphatic rings. The van der Waals surface area contributed by atoms with Gasteiger partial charge in [0.15, 0.2) is 0 Å². The molecule has 0 heterocycles. The Hall–Kier alpha value is -0.0400. The Morgan fingerprint density at radius 3 is 2.43 bits per heavy atom. The third kappa shape index (κ3) is 3.61. The fraction of sp³-hybridized carbons (Fsp3) is 1.00. The summed E-state index contributed by atoms with van der Waals surface area (Å²) in [6.07, 6.45) is 7.36. The van der Waals surface area contributed by atoms with Crippen LogP contribution >= 0.6 is 0 Å². The highest BCUT2D eigenvalue weighted by Gasteiger charge is 2.29. The maximum absolute atomic E-state index is 10.0. The molecule has 3 unspecified atom stereocenters. The molecule has 1 N–H and O–H groups in total. The molecule has 0 aromatic carbocycles. The molecule has 14 heavy (non-hydrogen) atoms. The Morgan fingerprint density at radius 1 is 1.21 bits per heavy atom. The van der Waals surface area contributed by atoms with Crippen LogP contribution in [0, 0.1) is 17.8 Å². The van der Waals surface area contributed by atoms with E-state index >= 15 is 0 Å². The first-order valence-electron chi connectivity index (χ1n) is 6.29. The van der Waals surface area contributed by atoms with Crippen LogP contribution in [0.2, 0.25) is 0 Å². The molecule has 1 heteroatoms. The third-order valence-electron chi connectivity index (χ3n) is 3.70. The Labute approximate surface area is 88.9 Å². The summed E-state index contributed by atoms with van der Waals surface area (Å²) >= 11 is 0. The SMILES string of the molecule is CC(C)CCCC(O)C1CCCC1C. The maximum atomic E-state index is 10.0. The van der Waals surface area contributed by atoms with E-state index in [1.54, 1.807) is 0 Å². The summed E-state index contributed by atoms with van der Waals surface area (Å²) in [5.41, 5.74) is 0. The van der Waals surface area contributed by atoms with Crippen LogP contribution in [-0.2, 0) is 0 Å². The Balaban J connectivity index is 2.17. The van der Waals surface area contributed by atoms with Gasteiger partial charge in [-0.3, -0.25) is 0 Å². The van der Waals surface area contributed by atoms with Crippen molar-refractivity contribution in [3.63, 3.8) is 0 Å². The molecular formula is C13H26O. The fourth-order valence-corrected chi connectivity index (χ4v) is 2.70. The van der Waals surface area contributed by atoms with Gasteiger partial charge in [-0.2, -0.15) is 0 Å². The average molecular weight is 198 g/mol. The van der Waals surface area contributed by atoms with E-state index in [2.05, 4.69) is 20.8 Å². The predicted octanol–water partition coefficient (Wildman–Crippen LogP) is 3.61. The second kappa shape index (κ2) is 5.75. The van der Waals surface area contributed by atoms with E-state index in [0.717, 1.165) is 18.3 Å². The van der Waals surface area contributed by atoms with Gasteiger partial charge in [0.05, 0.1) is 6.10 Å². The first-order chi connectivity index (χ1) is 6.61. The number of aliphatic hydroxyl groups is 1. The van der Waals surface area contributed by atoms with Gasteiger partial charge in [0.1, 0.15) is 0 Å². The van der Waals surface area contributed by atoms with Crippen LogP contribution in [0.15, 0.2) is 0 Å². The zero-order chi connectivity index (χ0) is 10.6. The van der Waals surface area contributed by atoms with E-state index in [-0.39, 0.29) is 6.10 Å². The summed E-state index contributed by atoms with van der Waals surface area (Å²) in [6.45, 7) is 6.80. The molecular weight excluding hydrogens is 172 g/mol. The first-order valence-corrected chi connectivity index (χ1v) is 6.29. The summed E-state index contributed by atoms with van der Waals surface area (Å²) in [6, 6.07) is 0. The lowest BCUT2D eigenvalue weighted by molar-refractivity contribution is 0.0787. The van der Waals surface area contributed by atoms with E-state index in [4.69, 9.17) is 0 Å². The summed E-state index contributed by atoms with van der Waals surface area (Å²) in [4.78, 5) is 0. The minimum Gasteiger partial charge on any atom is -0.393 e. The molecule has 0 aliphatic heterocycles. The molecule has 0 spiro atoms. The molecule has 84 valence electrons. The topological polar surface area (TPSA) is 20.2 Å². The predicted molar refractivity (Wildman–Crippen MR) is 61.2 cm³/mol. The van der Waals surface area contributed by atoms with Crippen molar-refractivity contribution in [2.45, 2.75) is 65.4 Å². The lowest BCUT2D eigenvalue weighted by Gasteiger charge is -2.22. The molecule has 0 aromatic heterocycles. The van der Waals surface area contributed by atoms with Crippen molar-refractivity contribution in [1.82, 2.24) is 0 Å². The molecule has 0 bridgehead atoms. The molecule has 1 fully saturated rings. The Morgan fingerprint density at radius 2 is 1.93 bits per heavy atom.